The first-order valence-corrected chi connectivity index (χ1v) is 11.4. The Morgan fingerprint density at radius 2 is 0.781 bits per heavy atom. The van der Waals surface area contributed by atoms with Gasteiger partial charge < -0.3 is 0 Å². The molecular weight excluding hydrogens is 530 g/mol. The fraction of sp³-hybridized carbons (Fsp3) is 0. The normalized spacial score (nSPS) is 10.8. The van der Waals surface area contributed by atoms with Gasteiger partial charge >= 0.3 is 0 Å². The van der Waals surface area contributed by atoms with Crippen molar-refractivity contribution in [2.45, 2.75) is 0 Å². The van der Waals surface area contributed by atoms with E-state index in [1.807, 2.05) is 54.6 Å². The lowest BCUT2D eigenvalue weighted by Gasteiger charge is -2.09. The number of halogens is 2. The van der Waals surface area contributed by atoms with Crippen LogP contribution in [0, 0.1) is 0 Å². The lowest BCUT2D eigenvalue weighted by molar-refractivity contribution is 1.07. The average Bonchev–Trinajstić information content (AvgIpc) is 2.84. The van der Waals surface area contributed by atoms with Crippen molar-refractivity contribution in [2.24, 2.45) is 0 Å². The zero-order valence-electron chi connectivity index (χ0n) is 16.7. The highest BCUT2D eigenvalue weighted by molar-refractivity contribution is 9.11. The number of nitrogens with zero attached hydrogens (tertiary/aromatic N) is 5. The lowest BCUT2D eigenvalue weighted by atomic mass is 10.0. The molecule has 0 aliphatic carbocycles. The highest BCUT2D eigenvalue weighted by Gasteiger charge is 2.13. The molecule has 2 aromatic carbocycles. The Labute approximate surface area is 201 Å². The lowest BCUT2D eigenvalue weighted by Crippen LogP contribution is -2.00. The summed E-state index contributed by atoms with van der Waals surface area (Å²) in [6.45, 7) is 0. The smallest absolute Gasteiger partial charge is 0.164 e. The number of rotatable bonds is 4. The first-order chi connectivity index (χ1) is 15.7. The van der Waals surface area contributed by atoms with Crippen molar-refractivity contribution in [2.75, 3.05) is 0 Å². The molecule has 0 unspecified atom stereocenters. The summed E-state index contributed by atoms with van der Waals surface area (Å²) in [6.07, 6.45) is 7.05. The molecule has 0 bridgehead atoms. The van der Waals surface area contributed by atoms with Gasteiger partial charge in [-0.25, -0.2) is 15.0 Å². The van der Waals surface area contributed by atoms with E-state index in [-0.39, 0.29) is 0 Å². The molecule has 3 aromatic heterocycles. The first kappa shape index (κ1) is 20.6. The summed E-state index contributed by atoms with van der Waals surface area (Å²) in [7, 11) is 0. The van der Waals surface area contributed by atoms with E-state index in [1.165, 1.54) is 0 Å². The van der Waals surface area contributed by atoms with Crippen LogP contribution in [0.4, 0.5) is 0 Å². The summed E-state index contributed by atoms with van der Waals surface area (Å²) in [5.41, 5.74) is 4.90. The number of benzene rings is 2. The fourth-order valence-corrected chi connectivity index (χ4v) is 4.60. The van der Waals surface area contributed by atoms with E-state index in [1.54, 1.807) is 24.8 Å². The van der Waals surface area contributed by atoms with Gasteiger partial charge in [0.05, 0.1) is 0 Å². The molecule has 0 saturated heterocycles. The molecule has 154 valence electrons. The minimum atomic E-state index is 0.599. The molecule has 0 N–H and O–H groups in total. The van der Waals surface area contributed by atoms with E-state index in [9.17, 15) is 0 Å². The SMILES string of the molecule is Brc1cc(Br)cc(-c2nc(-c3ccncc3)nc(-c3ccc(-c4ccncc4)cc3)n2)c1. The van der Waals surface area contributed by atoms with Crippen LogP contribution in [0.15, 0.2) is 100 Å². The molecular formula is C25H15Br2N5. The maximum atomic E-state index is 4.79. The zero-order valence-corrected chi connectivity index (χ0v) is 19.8. The van der Waals surface area contributed by atoms with Crippen molar-refractivity contribution < 1.29 is 0 Å². The van der Waals surface area contributed by atoms with Crippen LogP contribution in [0.1, 0.15) is 0 Å². The van der Waals surface area contributed by atoms with Crippen LogP contribution >= 0.6 is 31.9 Å². The standard InChI is InChI=1S/C25H15Br2N5/c26-21-13-20(14-22(27)15-21)25-31-23(30-24(32-25)19-7-11-29-12-8-19)18-3-1-16(2-4-18)17-5-9-28-10-6-17/h1-15H. The second-order valence-corrected chi connectivity index (χ2v) is 8.84. The van der Waals surface area contributed by atoms with E-state index < -0.39 is 0 Å². The predicted octanol–water partition coefficient (Wildman–Crippen LogP) is 6.85. The van der Waals surface area contributed by atoms with Gasteiger partial charge in [0.2, 0.25) is 0 Å². The Morgan fingerprint density at radius 3 is 1.31 bits per heavy atom. The number of hydrogen-bond donors (Lipinski definition) is 0. The Balaban J connectivity index is 1.63. The van der Waals surface area contributed by atoms with Crippen LogP contribution in [0.3, 0.4) is 0 Å². The Bertz CT molecular complexity index is 1360. The van der Waals surface area contributed by atoms with E-state index in [0.29, 0.717) is 17.5 Å². The van der Waals surface area contributed by atoms with Crippen LogP contribution in [0.25, 0.3) is 45.3 Å². The van der Waals surface area contributed by atoms with Crippen LogP contribution in [0.5, 0.6) is 0 Å². The summed E-state index contributed by atoms with van der Waals surface area (Å²) in [5.74, 6) is 1.81. The molecule has 0 radical (unpaired) electrons. The van der Waals surface area contributed by atoms with Crippen LogP contribution < -0.4 is 0 Å². The zero-order chi connectivity index (χ0) is 21.9. The molecule has 5 aromatic rings. The molecule has 0 spiro atoms. The van der Waals surface area contributed by atoms with Crippen LogP contribution in [0.2, 0.25) is 0 Å². The minimum Gasteiger partial charge on any atom is -0.265 e. The van der Waals surface area contributed by atoms with E-state index in [0.717, 1.165) is 36.8 Å². The highest BCUT2D eigenvalue weighted by atomic mass is 79.9. The molecule has 0 aliphatic rings. The molecule has 5 nitrogen and oxygen atoms in total. The number of pyridine rings is 2. The van der Waals surface area contributed by atoms with Gasteiger partial charge in [0.1, 0.15) is 0 Å². The minimum absolute atomic E-state index is 0.599. The highest BCUT2D eigenvalue weighted by Crippen LogP contribution is 2.29. The number of hydrogen-bond acceptors (Lipinski definition) is 5. The van der Waals surface area contributed by atoms with Crippen LogP contribution in [-0.4, -0.2) is 24.9 Å². The molecule has 0 atom stereocenters. The molecule has 0 saturated carbocycles. The van der Waals surface area contributed by atoms with E-state index in [2.05, 4.69) is 54.0 Å². The third kappa shape index (κ3) is 4.49. The van der Waals surface area contributed by atoms with Crippen molar-refractivity contribution in [1.29, 1.82) is 0 Å². The summed E-state index contributed by atoms with van der Waals surface area (Å²) in [6, 6.07) is 21.9. The third-order valence-electron chi connectivity index (χ3n) is 4.85. The summed E-state index contributed by atoms with van der Waals surface area (Å²) in [5, 5.41) is 0. The van der Waals surface area contributed by atoms with Crippen molar-refractivity contribution in [3.63, 3.8) is 0 Å². The number of aromatic nitrogens is 5. The van der Waals surface area contributed by atoms with Crippen molar-refractivity contribution in [3.8, 4) is 45.3 Å². The largest absolute Gasteiger partial charge is 0.265 e. The maximum absolute atomic E-state index is 4.79. The molecule has 5 rings (SSSR count). The van der Waals surface area contributed by atoms with Gasteiger partial charge in [-0.1, -0.05) is 56.1 Å². The van der Waals surface area contributed by atoms with Gasteiger partial charge in [0.25, 0.3) is 0 Å². The second kappa shape index (κ2) is 9.06. The monoisotopic (exact) mass is 543 g/mol. The van der Waals surface area contributed by atoms with Gasteiger partial charge in [0.15, 0.2) is 17.5 Å². The molecule has 0 fully saturated rings. The Morgan fingerprint density at radius 1 is 0.406 bits per heavy atom. The van der Waals surface area contributed by atoms with Gasteiger partial charge in [0, 0.05) is 50.4 Å². The second-order valence-electron chi connectivity index (χ2n) is 7.01. The Hall–Kier alpha value is -3.29. The quantitative estimate of drug-likeness (QED) is 0.247. The summed E-state index contributed by atoms with van der Waals surface area (Å²) in [4.78, 5) is 22.5. The van der Waals surface area contributed by atoms with Crippen molar-refractivity contribution in [1.82, 2.24) is 24.9 Å². The first-order valence-electron chi connectivity index (χ1n) is 9.79. The summed E-state index contributed by atoms with van der Waals surface area (Å²) < 4.78 is 1.88. The molecule has 0 amide bonds. The fourth-order valence-electron chi connectivity index (χ4n) is 3.30. The predicted molar refractivity (Wildman–Crippen MR) is 133 cm³/mol. The molecule has 32 heavy (non-hydrogen) atoms. The van der Waals surface area contributed by atoms with Crippen molar-refractivity contribution >= 4 is 31.9 Å². The van der Waals surface area contributed by atoms with Gasteiger partial charge in [-0.3, -0.25) is 9.97 Å². The van der Waals surface area contributed by atoms with E-state index in [4.69, 9.17) is 15.0 Å². The molecule has 3 heterocycles. The van der Waals surface area contributed by atoms with Gasteiger partial charge in [-0.15, -0.1) is 0 Å². The Kier molecular flexibility index (Phi) is 5.83. The maximum Gasteiger partial charge on any atom is 0.164 e. The van der Waals surface area contributed by atoms with Gasteiger partial charge in [-0.2, -0.15) is 0 Å². The van der Waals surface area contributed by atoms with Gasteiger partial charge in [-0.05, 0) is 53.6 Å². The van der Waals surface area contributed by atoms with Crippen LogP contribution in [-0.2, 0) is 0 Å². The van der Waals surface area contributed by atoms with Crippen molar-refractivity contribution in [3.05, 3.63) is 100 Å². The summed E-state index contributed by atoms with van der Waals surface area (Å²) >= 11 is 7.11. The topological polar surface area (TPSA) is 64.5 Å². The molecule has 0 aliphatic heterocycles. The third-order valence-corrected chi connectivity index (χ3v) is 5.77. The van der Waals surface area contributed by atoms with E-state index >= 15 is 0 Å². The average molecular weight is 545 g/mol. The molecule has 7 heteroatoms.